The Morgan fingerprint density at radius 1 is 1.38 bits per heavy atom. The highest BCUT2D eigenvalue weighted by Crippen LogP contribution is 2.29. The first-order chi connectivity index (χ1) is 6.36. The molecule has 0 bridgehead atoms. The van der Waals surface area contributed by atoms with Crippen LogP contribution in [0, 0.1) is 5.92 Å². The Bertz CT molecular complexity index is 265. The lowest BCUT2D eigenvalue weighted by molar-refractivity contribution is 0.122. The number of nitrogens with one attached hydrogen (secondary N) is 1. The number of halogens is 1. The number of alkyl halides is 1. The Hall–Kier alpha value is -1.19. The highest BCUT2D eigenvalue weighted by molar-refractivity contribution is 5.22. The lowest BCUT2D eigenvalue weighted by Gasteiger charge is -2.30. The minimum absolute atomic E-state index is 0.156. The van der Waals surface area contributed by atoms with Crippen LogP contribution in [0.4, 0.5) is 10.3 Å². The van der Waals surface area contributed by atoms with Crippen LogP contribution >= 0.6 is 0 Å². The monoisotopic (exact) mass is 181 g/mol. The van der Waals surface area contributed by atoms with Crippen LogP contribution in [0.1, 0.15) is 12.8 Å². The minimum Gasteiger partial charge on any atom is -0.354 e. The Kier molecular flexibility index (Phi) is 2.38. The van der Waals surface area contributed by atoms with Crippen molar-refractivity contribution in [3.8, 4) is 0 Å². The van der Waals surface area contributed by atoms with Crippen molar-refractivity contribution < 1.29 is 4.39 Å². The maximum atomic E-state index is 12.8. The van der Waals surface area contributed by atoms with Crippen molar-refractivity contribution in [1.82, 2.24) is 9.97 Å². The van der Waals surface area contributed by atoms with Crippen LogP contribution in [0.25, 0.3) is 0 Å². The van der Waals surface area contributed by atoms with Gasteiger partial charge in [-0.1, -0.05) is 0 Å². The SMILES string of the molecule is FC1CCC1CNc1ncccn1. The maximum absolute atomic E-state index is 12.8. The van der Waals surface area contributed by atoms with Crippen molar-refractivity contribution in [2.75, 3.05) is 11.9 Å². The normalized spacial score (nSPS) is 26.5. The van der Waals surface area contributed by atoms with E-state index in [1.165, 1.54) is 0 Å². The molecule has 2 unspecified atom stereocenters. The summed E-state index contributed by atoms with van der Waals surface area (Å²) < 4.78 is 12.8. The summed E-state index contributed by atoms with van der Waals surface area (Å²) in [6, 6.07) is 1.76. The van der Waals surface area contributed by atoms with Gasteiger partial charge in [0, 0.05) is 24.9 Å². The molecule has 1 aromatic rings. The van der Waals surface area contributed by atoms with Gasteiger partial charge in [-0.3, -0.25) is 0 Å². The summed E-state index contributed by atoms with van der Waals surface area (Å²) in [7, 11) is 0. The van der Waals surface area contributed by atoms with Crippen molar-refractivity contribution in [2.24, 2.45) is 5.92 Å². The summed E-state index contributed by atoms with van der Waals surface area (Å²) >= 11 is 0. The molecule has 0 aromatic carbocycles. The van der Waals surface area contributed by atoms with Gasteiger partial charge in [-0.05, 0) is 18.9 Å². The van der Waals surface area contributed by atoms with Gasteiger partial charge in [0.15, 0.2) is 0 Å². The van der Waals surface area contributed by atoms with E-state index in [-0.39, 0.29) is 5.92 Å². The standard InChI is InChI=1S/C9H12FN3/c10-8-3-2-7(8)6-13-9-11-4-1-5-12-9/h1,4-5,7-8H,2-3,6H2,(H,11,12,13). The molecule has 0 amide bonds. The smallest absolute Gasteiger partial charge is 0.222 e. The van der Waals surface area contributed by atoms with E-state index >= 15 is 0 Å². The zero-order valence-electron chi connectivity index (χ0n) is 7.28. The first-order valence-corrected chi connectivity index (χ1v) is 4.51. The number of rotatable bonds is 3. The molecular weight excluding hydrogens is 169 g/mol. The lowest BCUT2D eigenvalue weighted by Crippen LogP contribution is -2.33. The first kappa shape index (κ1) is 8.41. The lowest BCUT2D eigenvalue weighted by atomic mass is 9.83. The quantitative estimate of drug-likeness (QED) is 0.770. The second-order valence-electron chi connectivity index (χ2n) is 3.31. The molecule has 13 heavy (non-hydrogen) atoms. The highest BCUT2D eigenvalue weighted by Gasteiger charge is 2.30. The molecule has 0 spiro atoms. The minimum atomic E-state index is -0.629. The molecule has 1 N–H and O–H groups in total. The van der Waals surface area contributed by atoms with Crippen LogP contribution in [-0.2, 0) is 0 Å². The van der Waals surface area contributed by atoms with Crippen LogP contribution in [0.3, 0.4) is 0 Å². The highest BCUT2D eigenvalue weighted by atomic mass is 19.1. The largest absolute Gasteiger partial charge is 0.354 e. The van der Waals surface area contributed by atoms with E-state index in [0.29, 0.717) is 18.9 Å². The second-order valence-corrected chi connectivity index (χ2v) is 3.31. The fraction of sp³-hybridized carbons (Fsp3) is 0.556. The molecule has 3 nitrogen and oxygen atoms in total. The van der Waals surface area contributed by atoms with Gasteiger partial charge in [0.05, 0.1) is 0 Å². The van der Waals surface area contributed by atoms with Gasteiger partial charge >= 0.3 is 0 Å². The zero-order valence-corrected chi connectivity index (χ0v) is 7.28. The molecule has 1 saturated carbocycles. The molecule has 2 rings (SSSR count). The molecule has 1 aromatic heterocycles. The van der Waals surface area contributed by atoms with Gasteiger partial charge in [-0.15, -0.1) is 0 Å². The summed E-state index contributed by atoms with van der Waals surface area (Å²) in [5.41, 5.74) is 0. The number of aromatic nitrogens is 2. The van der Waals surface area contributed by atoms with Crippen molar-refractivity contribution in [1.29, 1.82) is 0 Å². The van der Waals surface area contributed by atoms with E-state index in [0.717, 1.165) is 6.42 Å². The fourth-order valence-electron chi connectivity index (χ4n) is 1.37. The molecule has 1 fully saturated rings. The molecule has 0 saturated heterocycles. The summed E-state index contributed by atoms with van der Waals surface area (Å²) in [5.74, 6) is 0.741. The molecule has 4 heteroatoms. The number of anilines is 1. The average Bonchev–Trinajstić information content (AvgIpc) is 2.17. The van der Waals surface area contributed by atoms with E-state index in [4.69, 9.17) is 0 Å². The molecular formula is C9H12FN3. The van der Waals surface area contributed by atoms with Gasteiger partial charge in [-0.25, -0.2) is 14.4 Å². The Morgan fingerprint density at radius 2 is 2.15 bits per heavy atom. The number of nitrogens with zero attached hydrogens (tertiary/aromatic N) is 2. The van der Waals surface area contributed by atoms with Crippen molar-refractivity contribution >= 4 is 5.95 Å². The van der Waals surface area contributed by atoms with Crippen LogP contribution in [0.2, 0.25) is 0 Å². The van der Waals surface area contributed by atoms with E-state index < -0.39 is 6.17 Å². The molecule has 2 atom stereocenters. The number of hydrogen-bond donors (Lipinski definition) is 1. The Morgan fingerprint density at radius 3 is 2.69 bits per heavy atom. The predicted molar refractivity (Wildman–Crippen MR) is 48.1 cm³/mol. The summed E-state index contributed by atoms with van der Waals surface area (Å²) in [5, 5.41) is 3.01. The predicted octanol–water partition coefficient (Wildman–Crippen LogP) is 1.64. The first-order valence-electron chi connectivity index (χ1n) is 4.51. The number of hydrogen-bond acceptors (Lipinski definition) is 3. The second kappa shape index (κ2) is 3.68. The summed E-state index contributed by atoms with van der Waals surface area (Å²) in [6.45, 7) is 0.644. The van der Waals surface area contributed by atoms with Gasteiger partial charge in [0.25, 0.3) is 0 Å². The van der Waals surface area contributed by atoms with Crippen LogP contribution in [-0.4, -0.2) is 22.7 Å². The molecule has 0 aliphatic heterocycles. The maximum Gasteiger partial charge on any atom is 0.222 e. The van der Waals surface area contributed by atoms with E-state index in [1.54, 1.807) is 18.5 Å². The Balaban J connectivity index is 1.80. The van der Waals surface area contributed by atoms with Crippen LogP contribution in [0.15, 0.2) is 18.5 Å². The molecule has 0 radical (unpaired) electrons. The zero-order chi connectivity index (χ0) is 9.10. The summed E-state index contributed by atoms with van der Waals surface area (Å²) in [6.07, 6.45) is 4.39. The molecule has 70 valence electrons. The van der Waals surface area contributed by atoms with Gasteiger partial charge in [0.2, 0.25) is 5.95 Å². The van der Waals surface area contributed by atoms with Gasteiger partial charge < -0.3 is 5.32 Å². The van der Waals surface area contributed by atoms with Crippen molar-refractivity contribution in [2.45, 2.75) is 19.0 Å². The average molecular weight is 181 g/mol. The van der Waals surface area contributed by atoms with Crippen molar-refractivity contribution in [3.05, 3.63) is 18.5 Å². The van der Waals surface area contributed by atoms with E-state index in [1.807, 2.05) is 0 Å². The van der Waals surface area contributed by atoms with Gasteiger partial charge in [0.1, 0.15) is 6.17 Å². The third kappa shape index (κ3) is 1.94. The molecule has 1 aliphatic carbocycles. The molecule has 1 heterocycles. The third-order valence-electron chi connectivity index (χ3n) is 2.41. The van der Waals surface area contributed by atoms with Gasteiger partial charge in [-0.2, -0.15) is 0 Å². The fourth-order valence-corrected chi connectivity index (χ4v) is 1.37. The topological polar surface area (TPSA) is 37.8 Å². The van der Waals surface area contributed by atoms with Crippen LogP contribution < -0.4 is 5.32 Å². The van der Waals surface area contributed by atoms with Crippen molar-refractivity contribution in [3.63, 3.8) is 0 Å². The molecule has 1 aliphatic rings. The third-order valence-corrected chi connectivity index (χ3v) is 2.41. The Labute approximate surface area is 76.4 Å². The van der Waals surface area contributed by atoms with Crippen LogP contribution in [0.5, 0.6) is 0 Å². The van der Waals surface area contributed by atoms with E-state index in [9.17, 15) is 4.39 Å². The van der Waals surface area contributed by atoms with E-state index in [2.05, 4.69) is 15.3 Å². The summed E-state index contributed by atoms with van der Waals surface area (Å²) in [4.78, 5) is 7.98.